The van der Waals surface area contributed by atoms with Gasteiger partial charge in [-0.15, -0.1) is 0 Å². The molecule has 66 valence electrons. The van der Waals surface area contributed by atoms with Crippen LogP contribution in [0.15, 0.2) is 0 Å². The number of nitrogens with two attached hydrogens (primary N) is 1. The fourth-order valence-electron chi connectivity index (χ4n) is 1.40. The summed E-state index contributed by atoms with van der Waals surface area (Å²) < 4.78 is 0. The van der Waals surface area contributed by atoms with Crippen molar-refractivity contribution in [1.82, 2.24) is 5.32 Å². The fourth-order valence-corrected chi connectivity index (χ4v) is 1.40. The maximum atomic E-state index is 5.56. The highest BCUT2D eigenvalue weighted by molar-refractivity contribution is 4.85. The van der Waals surface area contributed by atoms with Gasteiger partial charge in [-0.3, -0.25) is 0 Å². The van der Waals surface area contributed by atoms with Gasteiger partial charge in [-0.25, -0.2) is 0 Å². The molecule has 0 bridgehead atoms. The number of hydrogen-bond acceptors (Lipinski definition) is 2. The van der Waals surface area contributed by atoms with Crippen molar-refractivity contribution in [3.05, 3.63) is 0 Å². The van der Waals surface area contributed by atoms with E-state index >= 15 is 0 Å². The Labute approximate surface area is 69.5 Å². The van der Waals surface area contributed by atoms with E-state index in [0.29, 0.717) is 6.04 Å². The molecule has 0 heterocycles. The molecule has 2 nitrogen and oxygen atoms in total. The predicted octanol–water partition coefficient (Wildman–Crippen LogP) is 0.969. The van der Waals surface area contributed by atoms with E-state index in [2.05, 4.69) is 19.2 Å². The Balaban J connectivity index is 2.01. The molecule has 11 heavy (non-hydrogen) atoms. The highest BCUT2D eigenvalue weighted by Gasteiger charge is 2.31. The third kappa shape index (κ3) is 2.80. The molecule has 3 N–H and O–H groups in total. The van der Waals surface area contributed by atoms with Crippen molar-refractivity contribution in [2.24, 2.45) is 17.6 Å². The molecule has 3 atom stereocenters. The summed E-state index contributed by atoms with van der Waals surface area (Å²) >= 11 is 0. The minimum absolute atomic E-state index is 0.544. The van der Waals surface area contributed by atoms with Gasteiger partial charge in [0.2, 0.25) is 0 Å². The zero-order valence-corrected chi connectivity index (χ0v) is 7.64. The Morgan fingerprint density at radius 1 is 1.64 bits per heavy atom. The minimum atomic E-state index is 0.544. The van der Waals surface area contributed by atoms with Crippen molar-refractivity contribution in [2.45, 2.75) is 32.7 Å². The van der Waals surface area contributed by atoms with Crippen LogP contribution in [0.4, 0.5) is 0 Å². The fraction of sp³-hybridized carbons (Fsp3) is 1.00. The second-order valence-corrected chi connectivity index (χ2v) is 3.72. The molecule has 0 aromatic carbocycles. The Bertz CT molecular complexity index is 110. The van der Waals surface area contributed by atoms with E-state index in [1.807, 2.05) is 0 Å². The van der Waals surface area contributed by atoms with Crippen molar-refractivity contribution in [1.29, 1.82) is 0 Å². The quantitative estimate of drug-likeness (QED) is 0.622. The Morgan fingerprint density at radius 3 is 2.64 bits per heavy atom. The number of nitrogens with one attached hydrogen (secondary N) is 1. The van der Waals surface area contributed by atoms with Crippen LogP contribution in [0.1, 0.15) is 26.7 Å². The van der Waals surface area contributed by atoms with Crippen LogP contribution in [0, 0.1) is 11.8 Å². The molecule has 0 radical (unpaired) electrons. The third-order valence-electron chi connectivity index (χ3n) is 2.72. The average Bonchev–Trinajstić information content (AvgIpc) is 2.69. The molecule has 0 amide bonds. The molecular formula is C9H20N2. The van der Waals surface area contributed by atoms with E-state index in [1.54, 1.807) is 0 Å². The summed E-state index contributed by atoms with van der Waals surface area (Å²) in [6.07, 6.45) is 2.56. The van der Waals surface area contributed by atoms with E-state index in [9.17, 15) is 0 Å². The molecule has 0 aromatic rings. The second kappa shape index (κ2) is 4.07. The Morgan fingerprint density at radius 2 is 2.27 bits per heavy atom. The van der Waals surface area contributed by atoms with Crippen molar-refractivity contribution in [2.75, 3.05) is 13.1 Å². The molecule has 0 saturated heterocycles. The molecule has 0 aliphatic heterocycles. The normalized spacial score (nSPS) is 31.9. The summed E-state index contributed by atoms with van der Waals surface area (Å²) in [5, 5.41) is 3.49. The number of rotatable bonds is 5. The molecule has 1 aliphatic carbocycles. The summed E-state index contributed by atoms with van der Waals surface area (Å²) in [5.41, 5.74) is 5.56. The first kappa shape index (κ1) is 9.01. The van der Waals surface area contributed by atoms with Gasteiger partial charge in [-0.2, -0.15) is 0 Å². The van der Waals surface area contributed by atoms with E-state index in [-0.39, 0.29) is 0 Å². The summed E-state index contributed by atoms with van der Waals surface area (Å²) in [5.74, 6) is 1.90. The smallest absolute Gasteiger partial charge is 0.0187 e. The zero-order valence-electron chi connectivity index (χ0n) is 7.64. The summed E-state index contributed by atoms with van der Waals surface area (Å²) in [4.78, 5) is 0. The molecule has 0 spiro atoms. The predicted molar refractivity (Wildman–Crippen MR) is 48.4 cm³/mol. The molecule has 1 aliphatic rings. The third-order valence-corrected chi connectivity index (χ3v) is 2.72. The molecule has 0 aromatic heterocycles. The molecule has 1 rings (SSSR count). The molecule has 1 saturated carbocycles. The standard InChI is InChI=1S/C9H20N2/c1-3-9(5-10)11-6-8-4-7(8)2/h7-9,11H,3-6,10H2,1-2H3. The lowest BCUT2D eigenvalue weighted by atomic mass is 10.2. The molecule has 3 unspecified atom stereocenters. The first-order valence-corrected chi connectivity index (χ1v) is 4.71. The van der Waals surface area contributed by atoms with Crippen LogP contribution in [-0.2, 0) is 0 Å². The van der Waals surface area contributed by atoms with E-state index < -0.39 is 0 Å². The summed E-state index contributed by atoms with van der Waals surface area (Å²) in [6, 6.07) is 0.544. The molecular weight excluding hydrogens is 136 g/mol. The van der Waals surface area contributed by atoms with Gasteiger partial charge in [0.15, 0.2) is 0 Å². The first-order chi connectivity index (χ1) is 5.27. The second-order valence-electron chi connectivity index (χ2n) is 3.72. The van der Waals surface area contributed by atoms with Crippen molar-refractivity contribution >= 4 is 0 Å². The van der Waals surface area contributed by atoms with Crippen LogP contribution in [0.25, 0.3) is 0 Å². The van der Waals surface area contributed by atoms with Gasteiger partial charge in [0, 0.05) is 12.6 Å². The van der Waals surface area contributed by atoms with Gasteiger partial charge in [0.1, 0.15) is 0 Å². The van der Waals surface area contributed by atoms with Crippen LogP contribution in [0.5, 0.6) is 0 Å². The SMILES string of the molecule is CCC(CN)NCC1CC1C. The van der Waals surface area contributed by atoms with Gasteiger partial charge < -0.3 is 11.1 Å². The zero-order chi connectivity index (χ0) is 8.27. The Hall–Kier alpha value is -0.0800. The lowest BCUT2D eigenvalue weighted by molar-refractivity contribution is 0.483. The van der Waals surface area contributed by atoms with E-state index in [4.69, 9.17) is 5.73 Å². The van der Waals surface area contributed by atoms with Crippen molar-refractivity contribution in [3.8, 4) is 0 Å². The van der Waals surface area contributed by atoms with Gasteiger partial charge >= 0.3 is 0 Å². The van der Waals surface area contributed by atoms with Crippen LogP contribution < -0.4 is 11.1 Å². The van der Waals surface area contributed by atoms with E-state index in [1.165, 1.54) is 13.0 Å². The highest BCUT2D eigenvalue weighted by Crippen LogP contribution is 2.36. The minimum Gasteiger partial charge on any atom is -0.329 e. The van der Waals surface area contributed by atoms with Crippen LogP contribution in [0.3, 0.4) is 0 Å². The van der Waals surface area contributed by atoms with Crippen molar-refractivity contribution < 1.29 is 0 Å². The summed E-state index contributed by atoms with van der Waals surface area (Å²) in [7, 11) is 0. The number of hydrogen-bond donors (Lipinski definition) is 2. The van der Waals surface area contributed by atoms with Crippen LogP contribution in [0.2, 0.25) is 0 Å². The topological polar surface area (TPSA) is 38.0 Å². The largest absolute Gasteiger partial charge is 0.329 e. The highest BCUT2D eigenvalue weighted by atomic mass is 14.9. The van der Waals surface area contributed by atoms with E-state index in [0.717, 1.165) is 24.8 Å². The van der Waals surface area contributed by atoms with Crippen molar-refractivity contribution in [3.63, 3.8) is 0 Å². The maximum Gasteiger partial charge on any atom is 0.0187 e. The average molecular weight is 156 g/mol. The van der Waals surface area contributed by atoms with Gasteiger partial charge in [-0.05, 0) is 31.2 Å². The first-order valence-electron chi connectivity index (χ1n) is 4.71. The molecule has 1 fully saturated rings. The van der Waals surface area contributed by atoms with Crippen LogP contribution >= 0.6 is 0 Å². The summed E-state index contributed by atoms with van der Waals surface area (Å²) in [6.45, 7) is 6.45. The Kier molecular flexibility index (Phi) is 3.34. The maximum absolute atomic E-state index is 5.56. The monoisotopic (exact) mass is 156 g/mol. The lowest BCUT2D eigenvalue weighted by Crippen LogP contribution is -2.36. The van der Waals surface area contributed by atoms with Gasteiger partial charge in [0.05, 0.1) is 0 Å². The van der Waals surface area contributed by atoms with Gasteiger partial charge in [0.25, 0.3) is 0 Å². The van der Waals surface area contributed by atoms with Gasteiger partial charge in [-0.1, -0.05) is 13.8 Å². The van der Waals surface area contributed by atoms with Crippen LogP contribution in [-0.4, -0.2) is 19.1 Å². The molecule has 2 heteroatoms. The lowest BCUT2D eigenvalue weighted by Gasteiger charge is -2.13.